The number of hydrogen-bond acceptors (Lipinski definition) is 4. The zero-order valence-corrected chi connectivity index (χ0v) is 15.2. The molecule has 1 aliphatic rings. The molecule has 138 valence electrons. The highest BCUT2D eigenvalue weighted by Gasteiger charge is 2.28. The zero-order valence-electron chi connectivity index (χ0n) is 15.2. The number of nitrogens with two attached hydrogens (primary N) is 1. The second-order valence-electron chi connectivity index (χ2n) is 6.85. The number of aromatic nitrogens is 4. The van der Waals surface area contributed by atoms with E-state index in [2.05, 4.69) is 18.0 Å². The number of aryl methyl sites for hydroxylation is 1. The fourth-order valence-electron chi connectivity index (χ4n) is 3.58. The van der Waals surface area contributed by atoms with Gasteiger partial charge in [0.05, 0.1) is 5.69 Å². The third-order valence-electron chi connectivity index (χ3n) is 5.01. The number of pyridine rings is 1. The largest absolute Gasteiger partial charge is 0.351 e. The average molecular weight is 362 g/mol. The summed E-state index contributed by atoms with van der Waals surface area (Å²) in [7, 11) is 0. The lowest BCUT2D eigenvalue weighted by Gasteiger charge is -2.31. The standard InChI is InChI=1S/C20H22N6O/c1-14-5-2-3-7-17(14)26-19(16-6-4-12-25(13-16)20(21)27)23-18(24-26)15-8-10-22-11-9-15/h2-3,5,7-11,16H,4,6,12-13H2,1H3,(H2,21,27)/t16-/m1/s1. The van der Waals surface area contributed by atoms with Crippen molar-refractivity contribution in [2.24, 2.45) is 5.73 Å². The van der Waals surface area contributed by atoms with Crippen molar-refractivity contribution in [2.45, 2.75) is 25.7 Å². The van der Waals surface area contributed by atoms with Crippen LogP contribution in [-0.4, -0.2) is 43.8 Å². The molecule has 0 saturated carbocycles. The topological polar surface area (TPSA) is 89.9 Å². The highest BCUT2D eigenvalue weighted by atomic mass is 16.2. The summed E-state index contributed by atoms with van der Waals surface area (Å²) in [5.74, 6) is 1.61. The summed E-state index contributed by atoms with van der Waals surface area (Å²) >= 11 is 0. The second-order valence-corrected chi connectivity index (χ2v) is 6.85. The van der Waals surface area contributed by atoms with Gasteiger partial charge in [0.25, 0.3) is 0 Å². The van der Waals surface area contributed by atoms with E-state index in [-0.39, 0.29) is 11.9 Å². The van der Waals surface area contributed by atoms with Gasteiger partial charge in [0.2, 0.25) is 0 Å². The summed E-state index contributed by atoms with van der Waals surface area (Å²) < 4.78 is 1.92. The highest BCUT2D eigenvalue weighted by Crippen LogP contribution is 2.30. The molecule has 2 amide bonds. The summed E-state index contributed by atoms with van der Waals surface area (Å²) in [6, 6.07) is 11.5. The van der Waals surface area contributed by atoms with E-state index < -0.39 is 0 Å². The number of carbonyl (C=O) groups excluding carboxylic acids is 1. The minimum absolute atomic E-state index is 0.0916. The molecule has 7 heteroatoms. The number of hydrogen-bond donors (Lipinski definition) is 1. The summed E-state index contributed by atoms with van der Waals surface area (Å²) in [4.78, 5) is 22.3. The SMILES string of the molecule is Cc1ccccc1-n1nc(-c2ccncc2)nc1[C@@H]1CCCN(C(N)=O)C1. The van der Waals surface area contributed by atoms with Gasteiger partial charge in [0.15, 0.2) is 5.82 Å². The molecule has 0 aliphatic carbocycles. The predicted octanol–water partition coefficient (Wildman–Crippen LogP) is 2.90. The van der Waals surface area contributed by atoms with E-state index in [4.69, 9.17) is 15.8 Å². The average Bonchev–Trinajstić information content (AvgIpc) is 3.14. The number of nitrogens with zero attached hydrogens (tertiary/aromatic N) is 5. The van der Waals surface area contributed by atoms with Gasteiger partial charge < -0.3 is 10.6 Å². The number of urea groups is 1. The van der Waals surface area contributed by atoms with Crippen LogP contribution in [-0.2, 0) is 0 Å². The van der Waals surface area contributed by atoms with E-state index in [1.165, 1.54) is 0 Å². The molecule has 3 aromatic rings. The Labute approximate surface area is 157 Å². The van der Waals surface area contributed by atoms with Crippen molar-refractivity contribution >= 4 is 6.03 Å². The number of benzene rings is 1. The Kier molecular flexibility index (Phi) is 4.58. The Morgan fingerprint density at radius 2 is 1.96 bits per heavy atom. The van der Waals surface area contributed by atoms with Crippen LogP contribution in [0.25, 0.3) is 17.1 Å². The van der Waals surface area contributed by atoms with Crippen LogP contribution in [0, 0.1) is 6.92 Å². The van der Waals surface area contributed by atoms with Crippen molar-refractivity contribution in [1.29, 1.82) is 0 Å². The quantitative estimate of drug-likeness (QED) is 0.776. The van der Waals surface area contributed by atoms with E-state index in [0.717, 1.165) is 35.5 Å². The van der Waals surface area contributed by atoms with Gasteiger partial charge in [-0.3, -0.25) is 4.98 Å². The Hall–Kier alpha value is -3.22. The lowest BCUT2D eigenvalue weighted by molar-refractivity contribution is 0.187. The molecular weight excluding hydrogens is 340 g/mol. The van der Waals surface area contributed by atoms with Crippen LogP contribution >= 0.6 is 0 Å². The maximum atomic E-state index is 11.7. The smallest absolute Gasteiger partial charge is 0.314 e. The summed E-state index contributed by atoms with van der Waals surface area (Å²) in [6.07, 6.45) is 5.32. The lowest BCUT2D eigenvalue weighted by Crippen LogP contribution is -2.42. The molecule has 0 spiro atoms. The molecule has 0 radical (unpaired) electrons. The van der Waals surface area contributed by atoms with Crippen LogP contribution in [0.15, 0.2) is 48.8 Å². The second kappa shape index (κ2) is 7.19. The van der Waals surface area contributed by atoms with Gasteiger partial charge in [0.1, 0.15) is 5.82 Å². The number of primary amides is 1. The van der Waals surface area contributed by atoms with Gasteiger partial charge in [-0.15, -0.1) is 5.10 Å². The Morgan fingerprint density at radius 3 is 2.70 bits per heavy atom. The lowest BCUT2D eigenvalue weighted by atomic mass is 9.97. The minimum atomic E-state index is -0.379. The van der Waals surface area contributed by atoms with Gasteiger partial charge in [0, 0.05) is 37.0 Å². The number of para-hydroxylation sites is 1. The van der Waals surface area contributed by atoms with Crippen molar-refractivity contribution in [3.8, 4) is 17.1 Å². The third kappa shape index (κ3) is 3.40. The minimum Gasteiger partial charge on any atom is -0.351 e. The molecule has 1 aromatic carbocycles. The molecule has 2 aromatic heterocycles. The number of likely N-dealkylation sites (tertiary alicyclic amines) is 1. The molecule has 27 heavy (non-hydrogen) atoms. The van der Waals surface area contributed by atoms with Gasteiger partial charge in [-0.25, -0.2) is 14.5 Å². The fourth-order valence-corrected chi connectivity index (χ4v) is 3.58. The van der Waals surface area contributed by atoms with Crippen LogP contribution in [0.2, 0.25) is 0 Å². The molecule has 1 saturated heterocycles. The van der Waals surface area contributed by atoms with E-state index in [1.807, 2.05) is 35.0 Å². The molecule has 0 bridgehead atoms. The maximum absolute atomic E-state index is 11.7. The van der Waals surface area contributed by atoms with Crippen LogP contribution in [0.4, 0.5) is 4.79 Å². The predicted molar refractivity (Wildman–Crippen MR) is 102 cm³/mol. The first kappa shape index (κ1) is 17.2. The Bertz CT molecular complexity index is 952. The van der Waals surface area contributed by atoms with E-state index in [1.54, 1.807) is 17.3 Å². The molecule has 1 atom stereocenters. The third-order valence-corrected chi connectivity index (χ3v) is 5.01. The van der Waals surface area contributed by atoms with Gasteiger partial charge >= 0.3 is 6.03 Å². The van der Waals surface area contributed by atoms with E-state index in [9.17, 15) is 4.79 Å². The van der Waals surface area contributed by atoms with Crippen molar-refractivity contribution in [3.05, 3.63) is 60.2 Å². The summed E-state index contributed by atoms with van der Waals surface area (Å²) in [6.45, 7) is 3.32. The molecule has 2 N–H and O–H groups in total. The summed E-state index contributed by atoms with van der Waals surface area (Å²) in [5.41, 5.74) is 8.55. The van der Waals surface area contributed by atoms with Crippen molar-refractivity contribution in [1.82, 2.24) is 24.6 Å². The van der Waals surface area contributed by atoms with Gasteiger partial charge in [-0.2, -0.15) is 0 Å². The maximum Gasteiger partial charge on any atom is 0.314 e. The molecule has 3 heterocycles. The van der Waals surface area contributed by atoms with Crippen LogP contribution < -0.4 is 5.73 Å². The number of rotatable bonds is 3. The molecule has 4 rings (SSSR count). The fraction of sp³-hybridized carbons (Fsp3) is 0.300. The monoisotopic (exact) mass is 362 g/mol. The first-order valence-electron chi connectivity index (χ1n) is 9.11. The number of piperidine rings is 1. The van der Waals surface area contributed by atoms with Crippen molar-refractivity contribution < 1.29 is 4.79 Å². The molecule has 1 fully saturated rings. The van der Waals surface area contributed by atoms with Crippen LogP contribution in [0.3, 0.4) is 0 Å². The molecule has 1 aliphatic heterocycles. The first-order chi connectivity index (χ1) is 13.1. The molecule has 0 unspecified atom stereocenters. The van der Waals surface area contributed by atoms with Crippen molar-refractivity contribution in [2.75, 3.05) is 13.1 Å². The normalized spacial score (nSPS) is 17.1. The number of carbonyl (C=O) groups is 1. The Balaban J connectivity index is 1.80. The van der Waals surface area contributed by atoms with Gasteiger partial charge in [-0.05, 0) is 43.5 Å². The Morgan fingerprint density at radius 1 is 1.19 bits per heavy atom. The van der Waals surface area contributed by atoms with Crippen LogP contribution in [0.1, 0.15) is 30.1 Å². The number of amides is 2. The highest BCUT2D eigenvalue weighted by molar-refractivity contribution is 5.72. The van der Waals surface area contributed by atoms with Crippen molar-refractivity contribution in [3.63, 3.8) is 0 Å². The first-order valence-corrected chi connectivity index (χ1v) is 9.11. The zero-order chi connectivity index (χ0) is 18.8. The molecule has 7 nitrogen and oxygen atoms in total. The van der Waals surface area contributed by atoms with E-state index >= 15 is 0 Å². The van der Waals surface area contributed by atoms with Gasteiger partial charge in [-0.1, -0.05) is 18.2 Å². The molecular formula is C20H22N6O. The van der Waals surface area contributed by atoms with Crippen LogP contribution in [0.5, 0.6) is 0 Å². The summed E-state index contributed by atoms with van der Waals surface area (Å²) in [5, 5.41) is 4.80. The van der Waals surface area contributed by atoms with E-state index in [0.29, 0.717) is 18.9 Å².